The predicted molar refractivity (Wildman–Crippen MR) is 104 cm³/mol. The molecule has 0 unspecified atom stereocenters. The summed E-state index contributed by atoms with van der Waals surface area (Å²) in [7, 11) is -1.34. The minimum atomic E-state index is -2.96. The first-order valence-corrected chi connectivity index (χ1v) is 11.3. The van der Waals surface area contributed by atoms with Crippen LogP contribution in [0.3, 0.4) is 0 Å². The normalized spacial score (nSPS) is 18.8. The summed E-state index contributed by atoms with van der Waals surface area (Å²) in [6.45, 7) is 3.84. The van der Waals surface area contributed by atoms with Gasteiger partial charge in [0.25, 0.3) is 0 Å². The zero-order valence-corrected chi connectivity index (χ0v) is 16.8. The van der Waals surface area contributed by atoms with E-state index in [0.29, 0.717) is 17.7 Å². The number of thioether (sulfide) groups is 1. The predicted octanol–water partition coefficient (Wildman–Crippen LogP) is 3.45. The summed E-state index contributed by atoms with van der Waals surface area (Å²) < 4.78 is 30.7. The number of nitrogens with zero attached hydrogens (tertiary/aromatic N) is 1. The van der Waals surface area contributed by atoms with E-state index in [0.717, 1.165) is 22.0 Å². The van der Waals surface area contributed by atoms with Crippen LogP contribution in [-0.4, -0.2) is 43.1 Å². The molecular weight excluding hydrogens is 370 g/mol. The first-order chi connectivity index (χ1) is 12.3. The first kappa shape index (κ1) is 19.0. The molecule has 140 valence electrons. The highest BCUT2D eigenvalue weighted by molar-refractivity contribution is 8.00. The lowest BCUT2D eigenvalue weighted by Gasteiger charge is -2.16. The van der Waals surface area contributed by atoms with Gasteiger partial charge in [-0.25, -0.2) is 8.42 Å². The number of ether oxygens (including phenoxy) is 1. The van der Waals surface area contributed by atoms with Gasteiger partial charge in [-0.3, -0.25) is 4.79 Å². The van der Waals surface area contributed by atoms with Crippen molar-refractivity contribution in [1.82, 2.24) is 4.57 Å². The lowest BCUT2D eigenvalue weighted by molar-refractivity contribution is 0.102. The minimum absolute atomic E-state index is 0.0595. The Hall–Kier alpha value is -1.73. The fourth-order valence-corrected chi connectivity index (χ4v) is 5.98. The Balaban J connectivity index is 1.72. The van der Waals surface area contributed by atoms with E-state index in [1.807, 2.05) is 48.7 Å². The van der Waals surface area contributed by atoms with Gasteiger partial charge in [0.1, 0.15) is 5.75 Å². The third-order valence-electron chi connectivity index (χ3n) is 4.79. The summed E-state index contributed by atoms with van der Waals surface area (Å²) in [5.74, 6) is 1.59. The largest absolute Gasteiger partial charge is 0.497 e. The zero-order valence-electron chi connectivity index (χ0n) is 15.2. The van der Waals surface area contributed by atoms with Crippen LogP contribution >= 0.6 is 11.8 Å². The van der Waals surface area contributed by atoms with E-state index in [1.165, 1.54) is 11.8 Å². The highest BCUT2D eigenvalue weighted by atomic mass is 32.2. The average molecular weight is 394 g/mol. The summed E-state index contributed by atoms with van der Waals surface area (Å²) in [4.78, 5) is 13.7. The van der Waals surface area contributed by atoms with E-state index >= 15 is 0 Å². The molecule has 1 atom stereocenters. The molecule has 0 spiro atoms. The molecule has 1 aromatic heterocycles. The zero-order chi connectivity index (χ0) is 18.9. The van der Waals surface area contributed by atoms with Crippen LogP contribution in [0.2, 0.25) is 0 Å². The number of ketones is 1. The number of aromatic nitrogens is 1. The molecule has 7 heteroatoms. The number of Topliss-reactive ketones (excluding diaryl/α,β-unsaturated/α-hetero) is 1. The van der Waals surface area contributed by atoms with Crippen LogP contribution in [0.5, 0.6) is 5.75 Å². The fourth-order valence-electron chi connectivity index (χ4n) is 3.50. The smallest absolute Gasteiger partial charge is 0.174 e. The van der Waals surface area contributed by atoms with Gasteiger partial charge in [-0.1, -0.05) is 0 Å². The molecule has 0 bridgehead atoms. The van der Waals surface area contributed by atoms with Crippen molar-refractivity contribution in [3.63, 3.8) is 0 Å². The number of carbonyl (C=O) groups excluding carboxylic acids is 1. The third kappa shape index (κ3) is 3.99. The van der Waals surface area contributed by atoms with E-state index in [2.05, 4.69) is 0 Å². The minimum Gasteiger partial charge on any atom is -0.497 e. The molecule has 1 fully saturated rings. The standard InChI is InChI=1S/C19H23NO4S2/c1-13-10-18(14(2)20(13)15-8-9-26(22,23)12-15)19(21)11-25-17-6-4-16(24-3)5-7-17/h4-7,10,15H,8-9,11-12H2,1-3H3/t15-/m0/s1. The molecule has 0 aliphatic carbocycles. The lowest BCUT2D eigenvalue weighted by Crippen LogP contribution is -2.14. The van der Waals surface area contributed by atoms with Crippen molar-refractivity contribution in [3.8, 4) is 5.75 Å². The van der Waals surface area contributed by atoms with Crippen LogP contribution in [-0.2, 0) is 9.84 Å². The molecule has 1 aliphatic heterocycles. The number of benzene rings is 1. The molecule has 5 nitrogen and oxygen atoms in total. The number of methoxy groups -OCH3 is 1. The molecule has 0 radical (unpaired) electrons. The van der Waals surface area contributed by atoms with Crippen molar-refractivity contribution in [2.24, 2.45) is 0 Å². The topological polar surface area (TPSA) is 65.4 Å². The SMILES string of the molecule is COc1ccc(SCC(=O)c2cc(C)n([C@H]3CCS(=O)(=O)C3)c2C)cc1. The summed E-state index contributed by atoms with van der Waals surface area (Å²) in [6, 6.07) is 9.44. The second-order valence-corrected chi connectivity index (χ2v) is 9.88. The average Bonchev–Trinajstić information content (AvgIpc) is 3.11. The second-order valence-electron chi connectivity index (χ2n) is 6.60. The molecule has 3 rings (SSSR count). The van der Waals surface area contributed by atoms with E-state index in [9.17, 15) is 13.2 Å². The van der Waals surface area contributed by atoms with E-state index in [4.69, 9.17) is 4.74 Å². The fraction of sp³-hybridized carbons (Fsp3) is 0.421. The van der Waals surface area contributed by atoms with Crippen molar-refractivity contribution < 1.29 is 17.9 Å². The molecule has 1 saturated heterocycles. The highest BCUT2D eigenvalue weighted by Gasteiger charge is 2.31. The highest BCUT2D eigenvalue weighted by Crippen LogP contribution is 2.30. The van der Waals surface area contributed by atoms with Crippen LogP contribution in [0.4, 0.5) is 0 Å². The van der Waals surface area contributed by atoms with Crippen LogP contribution in [0, 0.1) is 13.8 Å². The summed E-state index contributed by atoms with van der Waals surface area (Å²) >= 11 is 1.49. The molecule has 1 aromatic carbocycles. The van der Waals surface area contributed by atoms with Crippen LogP contribution in [0.15, 0.2) is 35.2 Å². The van der Waals surface area contributed by atoms with Gasteiger partial charge in [-0.2, -0.15) is 0 Å². The Bertz CT molecular complexity index is 914. The van der Waals surface area contributed by atoms with Crippen molar-refractivity contribution in [2.75, 3.05) is 24.4 Å². The van der Waals surface area contributed by atoms with Gasteiger partial charge in [-0.15, -0.1) is 11.8 Å². The van der Waals surface area contributed by atoms with Gasteiger partial charge < -0.3 is 9.30 Å². The Morgan fingerprint density at radius 1 is 1.27 bits per heavy atom. The number of hydrogen-bond donors (Lipinski definition) is 0. The first-order valence-electron chi connectivity index (χ1n) is 8.49. The molecule has 26 heavy (non-hydrogen) atoms. The van der Waals surface area contributed by atoms with Crippen LogP contribution in [0.25, 0.3) is 0 Å². The Morgan fingerprint density at radius 2 is 1.96 bits per heavy atom. The van der Waals surface area contributed by atoms with Crippen molar-refractivity contribution in [1.29, 1.82) is 0 Å². The number of carbonyl (C=O) groups is 1. The molecule has 0 amide bonds. The molecule has 0 saturated carbocycles. The maximum atomic E-state index is 12.7. The quantitative estimate of drug-likeness (QED) is 0.556. The Labute approximate surface area is 158 Å². The van der Waals surface area contributed by atoms with Crippen molar-refractivity contribution in [2.45, 2.75) is 31.2 Å². The number of sulfone groups is 1. The summed E-state index contributed by atoms with van der Waals surface area (Å²) in [6.07, 6.45) is 0.618. The van der Waals surface area contributed by atoms with Gasteiger partial charge in [0.15, 0.2) is 15.6 Å². The Kier molecular flexibility index (Phi) is 5.48. The van der Waals surface area contributed by atoms with Crippen LogP contribution in [0.1, 0.15) is 34.2 Å². The summed E-state index contributed by atoms with van der Waals surface area (Å²) in [5, 5.41) is 0. The maximum absolute atomic E-state index is 12.7. The number of aryl methyl sites for hydroxylation is 1. The van der Waals surface area contributed by atoms with Gasteiger partial charge >= 0.3 is 0 Å². The number of rotatable bonds is 6. The third-order valence-corrected chi connectivity index (χ3v) is 7.55. The monoisotopic (exact) mass is 393 g/mol. The van der Waals surface area contributed by atoms with Gasteiger partial charge in [-0.05, 0) is 50.6 Å². The van der Waals surface area contributed by atoms with Crippen LogP contribution < -0.4 is 4.74 Å². The lowest BCUT2D eigenvalue weighted by atomic mass is 10.2. The van der Waals surface area contributed by atoms with Crippen molar-refractivity contribution in [3.05, 3.63) is 47.3 Å². The molecule has 2 heterocycles. The second kappa shape index (κ2) is 7.48. The van der Waals surface area contributed by atoms with E-state index in [1.54, 1.807) is 7.11 Å². The van der Waals surface area contributed by atoms with Gasteiger partial charge in [0.05, 0.1) is 24.4 Å². The maximum Gasteiger partial charge on any atom is 0.174 e. The molecule has 2 aromatic rings. The van der Waals surface area contributed by atoms with Crippen molar-refractivity contribution >= 4 is 27.4 Å². The number of hydrogen-bond acceptors (Lipinski definition) is 5. The van der Waals surface area contributed by atoms with E-state index < -0.39 is 9.84 Å². The molecule has 1 aliphatic rings. The van der Waals surface area contributed by atoms with Gasteiger partial charge in [0, 0.05) is 27.9 Å². The molecular formula is C19H23NO4S2. The molecule has 0 N–H and O–H groups in total. The Morgan fingerprint density at radius 3 is 2.54 bits per heavy atom. The van der Waals surface area contributed by atoms with E-state index in [-0.39, 0.29) is 23.3 Å². The van der Waals surface area contributed by atoms with Gasteiger partial charge in [0.2, 0.25) is 0 Å². The summed E-state index contributed by atoms with van der Waals surface area (Å²) in [5.41, 5.74) is 2.50.